The molecule has 0 N–H and O–H groups in total. The summed E-state index contributed by atoms with van der Waals surface area (Å²) < 4.78 is 10.7. The van der Waals surface area contributed by atoms with Crippen LogP contribution in [0, 0.1) is 88.8 Å². The first-order valence-corrected chi connectivity index (χ1v) is 19.7. The van der Waals surface area contributed by atoms with Crippen molar-refractivity contribution in [1.82, 2.24) is 0 Å². The molecule has 45 heavy (non-hydrogen) atoms. The quantitative estimate of drug-likeness (QED) is 0.188. The fourth-order valence-corrected chi connectivity index (χ4v) is 9.64. The van der Waals surface area contributed by atoms with Crippen LogP contribution in [-0.2, 0) is 9.47 Å². The monoisotopic (exact) mass is 641 g/mol. The fourth-order valence-electron chi connectivity index (χ4n) is 9.64. The summed E-state index contributed by atoms with van der Waals surface area (Å²) in [5, 5.41) is 0. The molecule has 276 valence electrons. The topological polar surface area (TPSA) is 18.5 Å². The van der Waals surface area contributed by atoms with Gasteiger partial charge in [0.25, 0.3) is 0 Å². The molecule has 0 bridgehead atoms. The predicted octanol–water partition coefficient (Wildman–Crippen LogP) is 13.8. The molecule has 0 aliphatic carbocycles. The zero-order chi connectivity index (χ0) is 36.2. The minimum absolute atomic E-state index is 0.384. The second kappa shape index (κ2) is 26.8. The largest absolute Gasteiger partial charge is 0.381 e. The molecule has 2 nitrogen and oxygen atoms in total. The van der Waals surface area contributed by atoms with Gasteiger partial charge in [-0.05, 0) is 109 Å². The number of hydrogen-bond donors (Lipinski definition) is 0. The molecule has 0 radical (unpaired) electrons. The summed E-state index contributed by atoms with van der Waals surface area (Å²) in [7, 11) is 1.79. The summed E-state index contributed by atoms with van der Waals surface area (Å²) in [5.41, 5.74) is 0. The summed E-state index contributed by atoms with van der Waals surface area (Å²) in [5.74, 6) is 12.4. The van der Waals surface area contributed by atoms with Crippen LogP contribution in [-0.4, -0.2) is 26.4 Å². The predicted molar refractivity (Wildman–Crippen MR) is 207 cm³/mol. The molecule has 2 heteroatoms. The lowest BCUT2D eigenvalue weighted by molar-refractivity contribution is 0.0253. The third kappa shape index (κ3) is 21.5. The Hall–Kier alpha value is -0.0800. The van der Waals surface area contributed by atoms with Gasteiger partial charge in [0, 0.05) is 20.3 Å². The SMILES string of the molecule is CC(C)C(C(C)C)C(C)C.CC(C)C(C(C)C)C1CCOCC1.CCC(C)C(C(C)C)C(C)C.COC(C)C(C(C)C)C(C)C. The highest BCUT2D eigenvalue weighted by molar-refractivity contribution is 4.77. The molecule has 0 aromatic carbocycles. The molecule has 1 aliphatic heterocycles. The van der Waals surface area contributed by atoms with E-state index in [1.165, 1.54) is 19.3 Å². The van der Waals surface area contributed by atoms with Crippen LogP contribution in [0.4, 0.5) is 0 Å². The first-order valence-electron chi connectivity index (χ1n) is 19.7. The summed E-state index contributed by atoms with van der Waals surface area (Å²) in [6.45, 7) is 50.6. The molecular weight excluding hydrogens is 548 g/mol. The highest BCUT2D eigenvalue weighted by Gasteiger charge is 2.28. The first kappa shape index (κ1) is 49.3. The van der Waals surface area contributed by atoms with Gasteiger partial charge in [0.15, 0.2) is 0 Å². The molecule has 0 amide bonds. The van der Waals surface area contributed by atoms with E-state index in [1.54, 1.807) is 7.11 Å². The van der Waals surface area contributed by atoms with E-state index in [2.05, 4.69) is 145 Å². The molecule has 2 unspecified atom stereocenters. The molecule has 1 rings (SSSR count). The zero-order valence-corrected chi connectivity index (χ0v) is 35.6. The van der Waals surface area contributed by atoms with Crippen molar-refractivity contribution < 1.29 is 9.47 Å². The van der Waals surface area contributed by atoms with Crippen molar-refractivity contribution in [1.29, 1.82) is 0 Å². The number of hydrogen-bond acceptors (Lipinski definition) is 2. The third-order valence-corrected chi connectivity index (χ3v) is 11.0. The number of rotatable bonds is 14. The van der Waals surface area contributed by atoms with Crippen molar-refractivity contribution in [3.05, 3.63) is 0 Å². The molecule has 2 atom stereocenters. The van der Waals surface area contributed by atoms with Crippen LogP contribution in [0.5, 0.6) is 0 Å². The van der Waals surface area contributed by atoms with Gasteiger partial charge in [0.05, 0.1) is 6.10 Å². The highest BCUT2D eigenvalue weighted by Crippen LogP contribution is 2.35. The Morgan fingerprint density at radius 3 is 0.933 bits per heavy atom. The van der Waals surface area contributed by atoms with Crippen molar-refractivity contribution in [3.8, 4) is 0 Å². The minimum atomic E-state index is 0.384. The highest BCUT2D eigenvalue weighted by atomic mass is 16.5. The summed E-state index contributed by atoms with van der Waals surface area (Å²) >= 11 is 0. The fraction of sp³-hybridized carbons (Fsp3) is 1.00. The lowest BCUT2D eigenvalue weighted by Gasteiger charge is -2.35. The van der Waals surface area contributed by atoms with Crippen molar-refractivity contribution in [3.63, 3.8) is 0 Å². The van der Waals surface area contributed by atoms with Crippen LogP contribution in [0.25, 0.3) is 0 Å². The van der Waals surface area contributed by atoms with Gasteiger partial charge in [-0.25, -0.2) is 0 Å². The van der Waals surface area contributed by atoms with Crippen molar-refractivity contribution >= 4 is 0 Å². The first-order chi connectivity index (χ1) is 20.6. The van der Waals surface area contributed by atoms with Crippen molar-refractivity contribution in [2.75, 3.05) is 20.3 Å². The van der Waals surface area contributed by atoms with Crippen LogP contribution in [0.3, 0.4) is 0 Å². The van der Waals surface area contributed by atoms with Gasteiger partial charge in [-0.2, -0.15) is 0 Å². The van der Waals surface area contributed by atoms with Gasteiger partial charge in [0.2, 0.25) is 0 Å². The average molecular weight is 641 g/mol. The van der Waals surface area contributed by atoms with Gasteiger partial charge >= 0.3 is 0 Å². The Morgan fingerprint density at radius 1 is 0.467 bits per heavy atom. The lowest BCUT2D eigenvalue weighted by atomic mass is 9.73. The van der Waals surface area contributed by atoms with E-state index in [1.807, 2.05) is 0 Å². The summed E-state index contributed by atoms with van der Waals surface area (Å²) in [6.07, 6.45) is 4.26. The Labute approximate surface area is 288 Å². The maximum absolute atomic E-state index is 5.41. The van der Waals surface area contributed by atoms with Gasteiger partial charge in [-0.15, -0.1) is 0 Å². The van der Waals surface area contributed by atoms with E-state index in [-0.39, 0.29) is 0 Å². The van der Waals surface area contributed by atoms with Crippen molar-refractivity contribution in [2.24, 2.45) is 88.8 Å². The Bertz CT molecular complexity index is 555. The third-order valence-electron chi connectivity index (χ3n) is 11.0. The second-order valence-corrected chi connectivity index (χ2v) is 17.8. The molecule has 1 saturated heterocycles. The van der Waals surface area contributed by atoms with Gasteiger partial charge < -0.3 is 9.47 Å². The summed E-state index contributed by atoms with van der Waals surface area (Å²) in [4.78, 5) is 0. The summed E-state index contributed by atoms with van der Waals surface area (Å²) in [6, 6.07) is 0. The molecule has 1 fully saturated rings. The molecule has 1 aliphatic rings. The van der Waals surface area contributed by atoms with E-state index in [4.69, 9.17) is 9.47 Å². The van der Waals surface area contributed by atoms with Crippen LogP contribution >= 0.6 is 0 Å². The number of ether oxygens (including phenoxy) is 2. The van der Waals surface area contributed by atoms with E-state index in [9.17, 15) is 0 Å². The maximum Gasteiger partial charge on any atom is 0.0576 e. The standard InChI is InChI=1S/C12H24O.C11H24.C10H22O.C10H22/c1-9(2)12(10(3)4)11-5-7-13-8-6-11;1-7-10(6)11(8(2)3)9(4)5;1-7(2)10(8(3)4)9(5)11-6;1-7(2)10(8(3)4)9(5)6/h9-12H,5-8H2,1-4H3;8-11H,7H2,1-6H3;7-10H,1-6H3;7-10H,1-6H3. The normalized spacial score (nSPS) is 16.1. The molecule has 0 aromatic rings. The van der Waals surface area contributed by atoms with Crippen LogP contribution < -0.4 is 0 Å². The number of methoxy groups -OCH3 is 1. The molecule has 1 heterocycles. The van der Waals surface area contributed by atoms with Gasteiger partial charge in [0.1, 0.15) is 0 Å². The van der Waals surface area contributed by atoms with Gasteiger partial charge in [-0.3, -0.25) is 0 Å². The maximum atomic E-state index is 5.41. The molecule has 0 spiro atoms. The van der Waals surface area contributed by atoms with Crippen LogP contribution in [0.1, 0.15) is 165 Å². The Kier molecular flexibility index (Phi) is 29.4. The van der Waals surface area contributed by atoms with Crippen LogP contribution in [0.2, 0.25) is 0 Å². The van der Waals surface area contributed by atoms with E-state index in [0.29, 0.717) is 23.9 Å². The lowest BCUT2D eigenvalue weighted by Crippen LogP contribution is -2.30. The zero-order valence-electron chi connectivity index (χ0n) is 35.6. The van der Waals surface area contributed by atoms with E-state index in [0.717, 1.165) is 84.2 Å². The second-order valence-electron chi connectivity index (χ2n) is 17.8. The molecule has 0 aromatic heterocycles. The average Bonchev–Trinajstić information content (AvgIpc) is 2.88. The van der Waals surface area contributed by atoms with Crippen LogP contribution in [0.15, 0.2) is 0 Å². The Morgan fingerprint density at radius 2 is 0.778 bits per heavy atom. The molecule has 0 saturated carbocycles. The van der Waals surface area contributed by atoms with Gasteiger partial charge in [-0.1, -0.05) is 145 Å². The Balaban J connectivity index is -0.000000526. The minimum Gasteiger partial charge on any atom is -0.381 e. The smallest absolute Gasteiger partial charge is 0.0576 e. The van der Waals surface area contributed by atoms with Crippen molar-refractivity contribution in [2.45, 2.75) is 171 Å². The van der Waals surface area contributed by atoms with E-state index >= 15 is 0 Å². The van der Waals surface area contributed by atoms with E-state index < -0.39 is 0 Å². The molecular formula is C43H92O2.